The molecular formula is C12H18N2. The van der Waals surface area contributed by atoms with Gasteiger partial charge in [0.05, 0.1) is 11.4 Å². The van der Waals surface area contributed by atoms with Crippen molar-refractivity contribution in [2.45, 2.75) is 26.3 Å². The van der Waals surface area contributed by atoms with Gasteiger partial charge in [0.2, 0.25) is 0 Å². The summed E-state index contributed by atoms with van der Waals surface area (Å²) in [6, 6.07) is 7.21. The van der Waals surface area contributed by atoms with Crippen molar-refractivity contribution in [3.8, 4) is 0 Å². The predicted octanol–water partition coefficient (Wildman–Crippen LogP) is 2.64. The summed E-state index contributed by atoms with van der Waals surface area (Å²) in [4.78, 5) is 2.36. The lowest BCUT2D eigenvalue weighted by Gasteiger charge is -2.25. The van der Waals surface area contributed by atoms with E-state index in [2.05, 4.69) is 49.3 Å². The summed E-state index contributed by atoms with van der Waals surface area (Å²) < 4.78 is 0. The molecule has 2 rings (SSSR count). The Morgan fingerprint density at radius 1 is 1.43 bits per heavy atom. The minimum atomic E-state index is 0.616. The Morgan fingerprint density at radius 3 is 3.00 bits per heavy atom. The monoisotopic (exact) mass is 190 g/mol. The molecule has 0 radical (unpaired) electrons. The Labute approximate surface area is 85.9 Å². The first-order chi connectivity index (χ1) is 6.68. The highest BCUT2D eigenvalue weighted by Crippen LogP contribution is 2.30. The molecule has 1 unspecified atom stereocenters. The summed E-state index contributed by atoms with van der Waals surface area (Å²) in [5.74, 6) is 0. The van der Waals surface area contributed by atoms with Gasteiger partial charge in [-0.1, -0.05) is 6.07 Å². The fourth-order valence-corrected chi connectivity index (χ4v) is 1.93. The quantitative estimate of drug-likeness (QED) is 0.676. The van der Waals surface area contributed by atoms with Crippen molar-refractivity contribution in [2.24, 2.45) is 0 Å². The van der Waals surface area contributed by atoms with Gasteiger partial charge in [0, 0.05) is 19.6 Å². The highest BCUT2D eigenvalue weighted by atomic mass is 15.2. The van der Waals surface area contributed by atoms with Crippen LogP contribution in [0.4, 0.5) is 11.4 Å². The number of rotatable bonds is 0. The fourth-order valence-electron chi connectivity index (χ4n) is 1.93. The third-order valence-electron chi connectivity index (χ3n) is 3.07. The van der Waals surface area contributed by atoms with Crippen molar-refractivity contribution in [3.05, 3.63) is 23.8 Å². The standard InChI is InChI=1S/C12H18N2/c1-9-4-5-11-12(8-9)14(3)10(2)6-7-13-11/h4-5,8,10,13H,6-7H2,1-3H3. The van der Waals surface area contributed by atoms with Crippen molar-refractivity contribution < 1.29 is 0 Å². The summed E-state index contributed by atoms with van der Waals surface area (Å²) in [5, 5.41) is 3.47. The number of anilines is 2. The van der Waals surface area contributed by atoms with Crippen LogP contribution in [0.15, 0.2) is 18.2 Å². The average molecular weight is 190 g/mol. The molecule has 1 N–H and O–H groups in total. The zero-order chi connectivity index (χ0) is 10.1. The van der Waals surface area contributed by atoms with Crippen molar-refractivity contribution >= 4 is 11.4 Å². The van der Waals surface area contributed by atoms with E-state index in [1.807, 2.05) is 0 Å². The van der Waals surface area contributed by atoms with Crippen LogP contribution in [0.5, 0.6) is 0 Å². The van der Waals surface area contributed by atoms with Crippen LogP contribution in [0.1, 0.15) is 18.9 Å². The first-order valence-corrected chi connectivity index (χ1v) is 5.26. The summed E-state index contributed by atoms with van der Waals surface area (Å²) in [6.45, 7) is 5.49. The van der Waals surface area contributed by atoms with Crippen molar-refractivity contribution in [1.29, 1.82) is 0 Å². The number of nitrogens with zero attached hydrogens (tertiary/aromatic N) is 1. The van der Waals surface area contributed by atoms with Crippen molar-refractivity contribution in [1.82, 2.24) is 0 Å². The lowest BCUT2D eigenvalue weighted by molar-refractivity contribution is 0.657. The Hall–Kier alpha value is -1.18. The topological polar surface area (TPSA) is 15.3 Å². The third kappa shape index (κ3) is 1.57. The van der Waals surface area contributed by atoms with Crippen LogP contribution in [0.3, 0.4) is 0 Å². The van der Waals surface area contributed by atoms with Gasteiger partial charge < -0.3 is 10.2 Å². The molecule has 1 atom stereocenters. The van der Waals surface area contributed by atoms with Crippen LogP contribution in [-0.4, -0.2) is 19.6 Å². The van der Waals surface area contributed by atoms with Crippen molar-refractivity contribution in [2.75, 3.05) is 23.8 Å². The second-order valence-electron chi connectivity index (χ2n) is 4.20. The molecule has 1 heterocycles. The molecule has 2 heteroatoms. The zero-order valence-corrected chi connectivity index (χ0v) is 9.17. The summed E-state index contributed by atoms with van der Waals surface area (Å²) in [6.07, 6.45) is 1.20. The Morgan fingerprint density at radius 2 is 2.21 bits per heavy atom. The molecule has 1 aliphatic heterocycles. The van der Waals surface area contributed by atoms with E-state index < -0.39 is 0 Å². The molecule has 14 heavy (non-hydrogen) atoms. The molecule has 1 aromatic carbocycles. The van der Waals surface area contributed by atoms with E-state index >= 15 is 0 Å². The maximum absolute atomic E-state index is 3.47. The van der Waals surface area contributed by atoms with E-state index in [-0.39, 0.29) is 0 Å². The van der Waals surface area contributed by atoms with E-state index in [0.717, 1.165) is 6.54 Å². The summed E-state index contributed by atoms with van der Waals surface area (Å²) >= 11 is 0. The molecule has 0 aliphatic carbocycles. The average Bonchev–Trinajstić information content (AvgIpc) is 2.30. The van der Waals surface area contributed by atoms with E-state index in [9.17, 15) is 0 Å². The molecule has 0 spiro atoms. The molecule has 0 amide bonds. The first kappa shape index (κ1) is 9.38. The number of benzene rings is 1. The Kier molecular flexibility index (Phi) is 2.36. The number of nitrogens with one attached hydrogen (secondary N) is 1. The minimum absolute atomic E-state index is 0.616. The molecule has 1 aromatic rings. The molecule has 2 nitrogen and oxygen atoms in total. The van der Waals surface area contributed by atoms with Gasteiger partial charge in [-0.3, -0.25) is 0 Å². The number of aryl methyl sites for hydroxylation is 1. The van der Waals surface area contributed by atoms with Crippen LogP contribution >= 0.6 is 0 Å². The van der Waals surface area contributed by atoms with Gasteiger partial charge in [-0.25, -0.2) is 0 Å². The third-order valence-corrected chi connectivity index (χ3v) is 3.07. The Balaban J connectivity index is 2.44. The van der Waals surface area contributed by atoms with Gasteiger partial charge in [0.15, 0.2) is 0 Å². The molecule has 0 saturated carbocycles. The number of fused-ring (bicyclic) bond motifs is 1. The van der Waals surface area contributed by atoms with Crippen LogP contribution in [0.2, 0.25) is 0 Å². The lowest BCUT2D eigenvalue weighted by Crippen LogP contribution is -2.28. The minimum Gasteiger partial charge on any atom is -0.383 e. The SMILES string of the molecule is Cc1ccc2c(c1)N(C)C(C)CCN2. The molecule has 0 fully saturated rings. The van der Waals surface area contributed by atoms with Gasteiger partial charge in [0.25, 0.3) is 0 Å². The van der Waals surface area contributed by atoms with Gasteiger partial charge in [-0.15, -0.1) is 0 Å². The van der Waals surface area contributed by atoms with Crippen molar-refractivity contribution in [3.63, 3.8) is 0 Å². The first-order valence-electron chi connectivity index (χ1n) is 5.26. The molecule has 0 saturated heterocycles. The van der Waals surface area contributed by atoms with E-state index in [1.54, 1.807) is 0 Å². The fraction of sp³-hybridized carbons (Fsp3) is 0.500. The van der Waals surface area contributed by atoms with E-state index in [4.69, 9.17) is 0 Å². The van der Waals surface area contributed by atoms with E-state index in [1.165, 1.54) is 23.4 Å². The van der Waals surface area contributed by atoms with Crippen LogP contribution in [0, 0.1) is 6.92 Å². The molecule has 76 valence electrons. The van der Waals surface area contributed by atoms with Crippen LogP contribution < -0.4 is 10.2 Å². The second kappa shape index (κ2) is 3.52. The maximum Gasteiger partial charge on any atom is 0.0604 e. The molecular weight excluding hydrogens is 172 g/mol. The second-order valence-corrected chi connectivity index (χ2v) is 4.20. The highest BCUT2D eigenvalue weighted by molar-refractivity contribution is 5.71. The zero-order valence-electron chi connectivity index (χ0n) is 9.17. The molecule has 0 bridgehead atoms. The molecule has 0 aromatic heterocycles. The largest absolute Gasteiger partial charge is 0.383 e. The summed E-state index contributed by atoms with van der Waals surface area (Å²) in [7, 11) is 2.18. The van der Waals surface area contributed by atoms with Crippen LogP contribution in [-0.2, 0) is 0 Å². The highest BCUT2D eigenvalue weighted by Gasteiger charge is 2.16. The Bertz CT molecular complexity index is 333. The van der Waals surface area contributed by atoms with Gasteiger partial charge in [-0.05, 0) is 38.0 Å². The number of hydrogen-bond acceptors (Lipinski definition) is 2. The lowest BCUT2D eigenvalue weighted by atomic mass is 10.1. The summed E-state index contributed by atoms with van der Waals surface area (Å²) in [5.41, 5.74) is 3.92. The van der Waals surface area contributed by atoms with Gasteiger partial charge in [-0.2, -0.15) is 0 Å². The predicted molar refractivity (Wildman–Crippen MR) is 62.2 cm³/mol. The van der Waals surface area contributed by atoms with Crippen LogP contribution in [0.25, 0.3) is 0 Å². The molecule has 1 aliphatic rings. The van der Waals surface area contributed by atoms with Gasteiger partial charge >= 0.3 is 0 Å². The normalized spacial score (nSPS) is 21.1. The smallest absolute Gasteiger partial charge is 0.0604 e. The maximum atomic E-state index is 3.47. The number of hydrogen-bond donors (Lipinski definition) is 1. The van der Waals surface area contributed by atoms with Gasteiger partial charge in [0.1, 0.15) is 0 Å². The van der Waals surface area contributed by atoms with E-state index in [0.29, 0.717) is 6.04 Å².